The molecule has 2 fully saturated rings. The number of amides is 1. The first-order chi connectivity index (χ1) is 14.2. The van der Waals surface area contributed by atoms with E-state index < -0.39 is 45.9 Å². The minimum atomic E-state index is -3.90. The second-order valence-electron chi connectivity index (χ2n) is 7.52. The van der Waals surface area contributed by atoms with Crippen molar-refractivity contribution >= 4 is 33.5 Å². The van der Waals surface area contributed by atoms with Crippen molar-refractivity contribution in [2.24, 2.45) is 11.8 Å². The fourth-order valence-corrected chi connectivity index (χ4v) is 5.01. The van der Waals surface area contributed by atoms with Gasteiger partial charge in [-0.3, -0.25) is 9.59 Å². The minimum Gasteiger partial charge on any atom is -0.481 e. The molecule has 4 rings (SSSR count). The summed E-state index contributed by atoms with van der Waals surface area (Å²) in [5.74, 6) is -3.10. The van der Waals surface area contributed by atoms with Gasteiger partial charge in [-0.2, -0.15) is 0 Å². The Labute approximate surface area is 172 Å². The normalized spacial score (nSPS) is 25.3. The second kappa shape index (κ2) is 7.40. The van der Waals surface area contributed by atoms with Crippen LogP contribution in [0.2, 0.25) is 0 Å². The molecule has 30 heavy (non-hydrogen) atoms. The van der Waals surface area contributed by atoms with E-state index in [0.29, 0.717) is 29.8 Å². The maximum absolute atomic E-state index is 12.7. The lowest BCUT2D eigenvalue weighted by atomic mass is 9.78. The van der Waals surface area contributed by atoms with E-state index in [4.69, 9.17) is 9.26 Å². The number of carboxylic acid groups (broad SMARTS) is 1. The number of hydrogen-bond donors (Lipinski definition) is 3. The summed E-state index contributed by atoms with van der Waals surface area (Å²) in [7, 11) is -3.90. The molecule has 2 aliphatic rings. The molecule has 160 valence electrons. The van der Waals surface area contributed by atoms with Crippen molar-refractivity contribution in [3.8, 4) is 0 Å². The van der Waals surface area contributed by atoms with E-state index in [2.05, 4.69) is 15.2 Å². The summed E-state index contributed by atoms with van der Waals surface area (Å²) in [4.78, 5) is 24.2. The van der Waals surface area contributed by atoms with Crippen LogP contribution in [0, 0.1) is 25.7 Å². The molecule has 10 nitrogen and oxygen atoms in total. The number of rotatable bonds is 6. The van der Waals surface area contributed by atoms with Gasteiger partial charge in [0.25, 0.3) is 10.0 Å². The van der Waals surface area contributed by atoms with Crippen molar-refractivity contribution in [1.29, 1.82) is 0 Å². The van der Waals surface area contributed by atoms with E-state index in [1.54, 1.807) is 13.8 Å². The maximum atomic E-state index is 12.7. The van der Waals surface area contributed by atoms with Gasteiger partial charge in [-0.05, 0) is 51.0 Å². The summed E-state index contributed by atoms with van der Waals surface area (Å²) in [5.41, 5.74) is 1.52. The second-order valence-corrected chi connectivity index (χ2v) is 9.20. The molecule has 2 aromatic rings. The van der Waals surface area contributed by atoms with Crippen LogP contribution in [0.25, 0.3) is 0 Å². The van der Waals surface area contributed by atoms with E-state index in [0.717, 1.165) is 0 Å². The summed E-state index contributed by atoms with van der Waals surface area (Å²) in [5, 5.41) is 15.8. The highest BCUT2D eigenvalue weighted by atomic mass is 32.2. The molecule has 0 spiro atoms. The Morgan fingerprint density at radius 2 is 1.73 bits per heavy atom. The SMILES string of the molecule is Cc1noc(NS(=O)(=O)c2ccc(NC(=O)[C@H]3[C@@H](C(=O)O)[C@@H]4CC[C@@H]3O4)cc2)c1C. The average Bonchev–Trinajstić information content (AvgIpc) is 3.39. The molecule has 1 aromatic carbocycles. The molecule has 11 heteroatoms. The first-order valence-corrected chi connectivity index (χ1v) is 10.9. The Bertz CT molecular complexity index is 1090. The number of sulfonamides is 1. The minimum absolute atomic E-state index is 0.0272. The number of hydrogen-bond acceptors (Lipinski definition) is 7. The Balaban J connectivity index is 1.46. The lowest BCUT2D eigenvalue weighted by Crippen LogP contribution is -2.40. The molecule has 0 aliphatic carbocycles. The number of nitrogens with zero attached hydrogens (tertiary/aromatic N) is 1. The quantitative estimate of drug-likeness (QED) is 0.623. The highest BCUT2D eigenvalue weighted by Gasteiger charge is 2.55. The summed E-state index contributed by atoms with van der Waals surface area (Å²) in [6, 6.07) is 5.55. The lowest BCUT2D eigenvalue weighted by molar-refractivity contribution is -0.147. The topological polar surface area (TPSA) is 148 Å². The fourth-order valence-electron chi connectivity index (χ4n) is 3.96. The molecule has 1 aromatic heterocycles. The predicted molar refractivity (Wildman–Crippen MR) is 104 cm³/mol. The number of carbonyl (C=O) groups is 2. The largest absolute Gasteiger partial charge is 0.481 e. The first kappa shape index (κ1) is 20.4. The molecule has 0 radical (unpaired) electrons. The van der Waals surface area contributed by atoms with Crippen molar-refractivity contribution in [3.63, 3.8) is 0 Å². The fraction of sp³-hybridized carbons (Fsp3) is 0.421. The summed E-state index contributed by atoms with van der Waals surface area (Å²) >= 11 is 0. The Hall–Kier alpha value is -2.92. The van der Waals surface area contributed by atoms with Crippen LogP contribution < -0.4 is 10.0 Å². The van der Waals surface area contributed by atoms with Crippen LogP contribution in [0.3, 0.4) is 0 Å². The number of aliphatic carboxylic acids is 1. The molecule has 3 heterocycles. The van der Waals surface area contributed by atoms with E-state index in [-0.39, 0.29) is 10.8 Å². The van der Waals surface area contributed by atoms with Crippen molar-refractivity contribution in [1.82, 2.24) is 5.16 Å². The zero-order valence-corrected chi connectivity index (χ0v) is 17.1. The molecule has 3 N–H and O–H groups in total. The number of carbonyl (C=O) groups excluding carboxylic acids is 1. The zero-order valence-electron chi connectivity index (χ0n) is 16.3. The third kappa shape index (κ3) is 3.54. The van der Waals surface area contributed by atoms with E-state index in [1.807, 2.05) is 0 Å². The zero-order chi connectivity index (χ0) is 21.6. The highest BCUT2D eigenvalue weighted by Crippen LogP contribution is 2.44. The molecular weight excluding hydrogens is 414 g/mol. The van der Waals surface area contributed by atoms with Crippen LogP contribution in [-0.4, -0.2) is 42.8 Å². The molecule has 1 amide bonds. The third-order valence-corrected chi connectivity index (χ3v) is 7.02. The van der Waals surface area contributed by atoms with Gasteiger partial charge in [-0.15, -0.1) is 0 Å². The summed E-state index contributed by atoms with van der Waals surface area (Å²) in [6.45, 7) is 3.39. The standard InChI is InChI=1S/C19H21N3O7S/c1-9-10(2)21-29-18(9)22-30(26,27)12-5-3-11(4-6-12)20-17(23)15-13-7-8-14(28-13)16(15)19(24)25/h3-6,13-16,22H,7-8H2,1-2H3,(H,20,23)(H,24,25)/t13-,14-,15+,16-/m0/s1. The van der Waals surface area contributed by atoms with E-state index >= 15 is 0 Å². The van der Waals surface area contributed by atoms with Gasteiger partial charge in [0.2, 0.25) is 11.8 Å². The number of benzene rings is 1. The van der Waals surface area contributed by atoms with Crippen LogP contribution in [-0.2, 0) is 24.3 Å². The van der Waals surface area contributed by atoms with Gasteiger partial charge in [0.1, 0.15) is 0 Å². The average molecular weight is 435 g/mol. The summed E-state index contributed by atoms with van der Waals surface area (Å²) < 4.78 is 38.0. The summed E-state index contributed by atoms with van der Waals surface area (Å²) in [6.07, 6.45) is 0.434. The molecule has 4 atom stereocenters. The molecule has 2 saturated heterocycles. The number of aryl methyl sites for hydroxylation is 1. The number of anilines is 2. The monoisotopic (exact) mass is 435 g/mol. The number of ether oxygens (including phenoxy) is 1. The molecule has 0 unspecified atom stereocenters. The number of fused-ring (bicyclic) bond motifs is 2. The first-order valence-electron chi connectivity index (χ1n) is 9.42. The maximum Gasteiger partial charge on any atom is 0.310 e. The Morgan fingerprint density at radius 1 is 1.10 bits per heavy atom. The lowest BCUT2D eigenvalue weighted by Gasteiger charge is -2.23. The van der Waals surface area contributed by atoms with Crippen molar-refractivity contribution in [3.05, 3.63) is 35.5 Å². The molecule has 2 bridgehead atoms. The van der Waals surface area contributed by atoms with Gasteiger partial charge in [-0.25, -0.2) is 13.1 Å². The van der Waals surface area contributed by atoms with Crippen molar-refractivity contribution in [2.45, 2.75) is 43.8 Å². The van der Waals surface area contributed by atoms with Crippen LogP contribution in [0.1, 0.15) is 24.1 Å². The third-order valence-electron chi connectivity index (χ3n) is 5.68. The van der Waals surface area contributed by atoms with Crippen molar-refractivity contribution in [2.75, 3.05) is 10.0 Å². The predicted octanol–water partition coefficient (Wildman–Crippen LogP) is 1.91. The smallest absolute Gasteiger partial charge is 0.310 e. The van der Waals surface area contributed by atoms with Gasteiger partial charge in [0.15, 0.2) is 0 Å². The number of carboxylic acids is 1. The van der Waals surface area contributed by atoms with Crippen molar-refractivity contribution < 1.29 is 32.4 Å². The van der Waals surface area contributed by atoms with Crippen LogP contribution in [0.5, 0.6) is 0 Å². The van der Waals surface area contributed by atoms with Gasteiger partial charge in [0, 0.05) is 11.3 Å². The molecule has 0 saturated carbocycles. The van der Waals surface area contributed by atoms with Gasteiger partial charge < -0.3 is 19.7 Å². The van der Waals surface area contributed by atoms with Gasteiger partial charge >= 0.3 is 5.97 Å². The Kier molecular flexibility index (Phi) is 5.02. The van der Waals surface area contributed by atoms with Gasteiger partial charge in [-0.1, -0.05) is 5.16 Å². The van der Waals surface area contributed by atoms with Crippen LogP contribution in [0.15, 0.2) is 33.7 Å². The molecule has 2 aliphatic heterocycles. The van der Waals surface area contributed by atoms with Crippen LogP contribution in [0.4, 0.5) is 11.6 Å². The Morgan fingerprint density at radius 3 is 2.30 bits per heavy atom. The van der Waals surface area contributed by atoms with Crippen LogP contribution >= 0.6 is 0 Å². The number of aromatic nitrogens is 1. The highest BCUT2D eigenvalue weighted by molar-refractivity contribution is 7.92. The van der Waals surface area contributed by atoms with Gasteiger partial charge in [0.05, 0.1) is 34.6 Å². The van der Waals surface area contributed by atoms with E-state index in [1.165, 1.54) is 24.3 Å². The van der Waals surface area contributed by atoms with E-state index in [9.17, 15) is 23.1 Å². The molecular formula is C19H21N3O7S. The number of nitrogens with one attached hydrogen (secondary N) is 2.